The van der Waals surface area contributed by atoms with Crippen LogP contribution in [-0.2, 0) is 11.3 Å². The first kappa shape index (κ1) is 17.6. The molecule has 0 saturated heterocycles. The normalized spacial score (nSPS) is 11.7. The molecule has 0 radical (unpaired) electrons. The Morgan fingerprint density at radius 2 is 2.24 bits per heavy atom. The van der Waals surface area contributed by atoms with E-state index < -0.39 is 0 Å². The third kappa shape index (κ3) is 7.75. The van der Waals surface area contributed by atoms with Gasteiger partial charge in [0.15, 0.2) is 5.96 Å². The van der Waals surface area contributed by atoms with E-state index in [-0.39, 0.29) is 0 Å². The van der Waals surface area contributed by atoms with Gasteiger partial charge in [0.25, 0.3) is 0 Å². The highest BCUT2D eigenvalue weighted by atomic mass is 16.5. The lowest BCUT2D eigenvalue weighted by atomic mass is 10.3. The van der Waals surface area contributed by atoms with Crippen molar-refractivity contribution in [2.45, 2.75) is 39.7 Å². The van der Waals surface area contributed by atoms with Gasteiger partial charge < -0.3 is 19.4 Å². The Kier molecular flexibility index (Phi) is 9.37. The average molecular weight is 295 g/mol. The lowest BCUT2D eigenvalue weighted by molar-refractivity contribution is 0.105. The maximum absolute atomic E-state index is 5.55. The van der Waals surface area contributed by atoms with Crippen LogP contribution in [0.15, 0.2) is 27.8 Å². The molecule has 0 unspecified atom stereocenters. The Morgan fingerprint density at radius 1 is 1.38 bits per heavy atom. The van der Waals surface area contributed by atoms with E-state index in [1.54, 1.807) is 6.26 Å². The minimum absolute atomic E-state index is 0.535. The third-order valence-corrected chi connectivity index (χ3v) is 3.08. The van der Waals surface area contributed by atoms with Crippen molar-refractivity contribution in [3.63, 3.8) is 0 Å². The van der Waals surface area contributed by atoms with Gasteiger partial charge in [-0.3, -0.25) is 4.99 Å². The summed E-state index contributed by atoms with van der Waals surface area (Å²) in [7, 11) is 2.09. The maximum Gasteiger partial charge on any atom is 0.193 e. The molecule has 5 heteroatoms. The van der Waals surface area contributed by atoms with Crippen molar-refractivity contribution < 1.29 is 9.15 Å². The van der Waals surface area contributed by atoms with Gasteiger partial charge in [0.05, 0.1) is 6.26 Å². The molecule has 0 spiro atoms. The number of aliphatic imine (C=N–C) groups is 1. The van der Waals surface area contributed by atoms with Crippen LogP contribution in [0.3, 0.4) is 0 Å². The van der Waals surface area contributed by atoms with E-state index in [1.165, 1.54) is 12.8 Å². The first-order valence-corrected chi connectivity index (χ1v) is 7.87. The Morgan fingerprint density at radius 3 is 2.90 bits per heavy atom. The molecule has 0 saturated carbocycles. The number of nitrogens with one attached hydrogen (secondary N) is 1. The fourth-order valence-electron chi connectivity index (χ4n) is 1.89. The van der Waals surface area contributed by atoms with Crippen LogP contribution in [0.25, 0.3) is 0 Å². The minimum atomic E-state index is 0.535. The molecule has 0 aliphatic heterocycles. The van der Waals surface area contributed by atoms with Gasteiger partial charge in [-0.2, -0.15) is 0 Å². The number of unbranched alkanes of at least 4 members (excludes halogenated alkanes) is 1. The number of nitrogens with zero attached hydrogens (tertiary/aromatic N) is 2. The SMILES string of the molecule is CCCCN(C)C(=NCCCOCc1ccco1)NCC. The predicted molar refractivity (Wildman–Crippen MR) is 86.5 cm³/mol. The predicted octanol–water partition coefficient (Wildman–Crippen LogP) is 2.88. The Labute approximate surface area is 128 Å². The molecule has 1 aromatic heterocycles. The van der Waals surface area contributed by atoms with Gasteiger partial charge in [-0.05, 0) is 31.9 Å². The van der Waals surface area contributed by atoms with Crippen molar-refractivity contribution in [3.05, 3.63) is 24.2 Å². The number of guanidine groups is 1. The van der Waals surface area contributed by atoms with Crippen molar-refractivity contribution in [1.29, 1.82) is 0 Å². The molecule has 1 aromatic rings. The highest BCUT2D eigenvalue weighted by Crippen LogP contribution is 2.02. The molecular formula is C16H29N3O2. The molecular weight excluding hydrogens is 266 g/mol. The summed E-state index contributed by atoms with van der Waals surface area (Å²) in [5.41, 5.74) is 0. The van der Waals surface area contributed by atoms with Crippen molar-refractivity contribution in [2.75, 3.05) is 33.3 Å². The first-order chi connectivity index (χ1) is 10.3. The molecule has 1 N–H and O–H groups in total. The molecule has 120 valence electrons. The quantitative estimate of drug-likeness (QED) is 0.410. The van der Waals surface area contributed by atoms with Crippen LogP contribution in [-0.4, -0.2) is 44.1 Å². The van der Waals surface area contributed by atoms with E-state index in [2.05, 4.69) is 36.1 Å². The van der Waals surface area contributed by atoms with E-state index in [1.807, 2.05) is 12.1 Å². The van der Waals surface area contributed by atoms with E-state index in [0.717, 1.165) is 37.8 Å². The first-order valence-electron chi connectivity index (χ1n) is 7.87. The number of furan rings is 1. The summed E-state index contributed by atoms with van der Waals surface area (Å²) < 4.78 is 10.8. The van der Waals surface area contributed by atoms with E-state index in [0.29, 0.717) is 13.2 Å². The number of hydrogen-bond donors (Lipinski definition) is 1. The summed E-state index contributed by atoms with van der Waals surface area (Å²) in [6.07, 6.45) is 4.96. The van der Waals surface area contributed by atoms with Crippen LogP contribution in [0.5, 0.6) is 0 Å². The Hall–Kier alpha value is -1.49. The number of rotatable bonds is 10. The van der Waals surface area contributed by atoms with Crippen LogP contribution < -0.4 is 5.32 Å². The lowest BCUT2D eigenvalue weighted by Gasteiger charge is -2.21. The van der Waals surface area contributed by atoms with Crippen molar-refractivity contribution >= 4 is 5.96 Å². The smallest absolute Gasteiger partial charge is 0.193 e. The summed E-state index contributed by atoms with van der Waals surface area (Å²) in [4.78, 5) is 6.82. The zero-order valence-corrected chi connectivity index (χ0v) is 13.6. The zero-order valence-electron chi connectivity index (χ0n) is 13.6. The Bertz CT molecular complexity index is 377. The van der Waals surface area contributed by atoms with E-state index >= 15 is 0 Å². The molecule has 1 heterocycles. The topological polar surface area (TPSA) is 50.0 Å². The van der Waals surface area contributed by atoms with Gasteiger partial charge in [0.1, 0.15) is 12.4 Å². The van der Waals surface area contributed by atoms with Crippen LogP contribution >= 0.6 is 0 Å². The number of hydrogen-bond acceptors (Lipinski definition) is 3. The molecule has 0 aliphatic rings. The minimum Gasteiger partial charge on any atom is -0.467 e. The second kappa shape index (κ2) is 11.2. The van der Waals surface area contributed by atoms with Crippen LogP contribution in [0.1, 0.15) is 38.9 Å². The highest BCUT2D eigenvalue weighted by molar-refractivity contribution is 5.79. The Balaban J connectivity index is 2.20. The monoisotopic (exact) mass is 295 g/mol. The van der Waals surface area contributed by atoms with Gasteiger partial charge in [-0.25, -0.2) is 0 Å². The summed E-state index contributed by atoms with van der Waals surface area (Å²) >= 11 is 0. The van der Waals surface area contributed by atoms with Crippen molar-refractivity contribution in [1.82, 2.24) is 10.2 Å². The van der Waals surface area contributed by atoms with Crippen LogP contribution in [0, 0.1) is 0 Å². The zero-order chi connectivity index (χ0) is 15.3. The summed E-state index contributed by atoms with van der Waals surface area (Å²) in [6, 6.07) is 3.79. The van der Waals surface area contributed by atoms with E-state index in [9.17, 15) is 0 Å². The molecule has 5 nitrogen and oxygen atoms in total. The second-order valence-electron chi connectivity index (χ2n) is 5.00. The van der Waals surface area contributed by atoms with Crippen LogP contribution in [0.4, 0.5) is 0 Å². The van der Waals surface area contributed by atoms with Gasteiger partial charge in [0.2, 0.25) is 0 Å². The molecule has 0 atom stereocenters. The van der Waals surface area contributed by atoms with Gasteiger partial charge in [0, 0.05) is 33.3 Å². The highest BCUT2D eigenvalue weighted by Gasteiger charge is 2.04. The summed E-state index contributed by atoms with van der Waals surface area (Å²) in [5, 5.41) is 3.32. The van der Waals surface area contributed by atoms with E-state index in [4.69, 9.17) is 9.15 Å². The maximum atomic E-state index is 5.55. The third-order valence-electron chi connectivity index (χ3n) is 3.08. The summed E-state index contributed by atoms with van der Waals surface area (Å²) in [6.45, 7) is 8.23. The van der Waals surface area contributed by atoms with Crippen LogP contribution in [0.2, 0.25) is 0 Å². The molecule has 0 aromatic carbocycles. The average Bonchev–Trinajstić information content (AvgIpc) is 3.00. The molecule has 0 aliphatic carbocycles. The second-order valence-corrected chi connectivity index (χ2v) is 5.00. The molecule has 1 rings (SSSR count). The molecule has 0 bridgehead atoms. The summed E-state index contributed by atoms with van der Waals surface area (Å²) in [5.74, 6) is 1.85. The van der Waals surface area contributed by atoms with Crippen molar-refractivity contribution in [2.24, 2.45) is 4.99 Å². The standard InChI is InChI=1S/C16H29N3O2/c1-4-6-11-19(3)16(17-5-2)18-10-8-12-20-14-15-9-7-13-21-15/h7,9,13H,4-6,8,10-12,14H2,1-3H3,(H,17,18). The van der Waals surface area contributed by atoms with Gasteiger partial charge in [-0.1, -0.05) is 13.3 Å². The lowest BCUT2D eigenvalue weighted by Crippen LogP contribution is -2.39. The number of ether oxygens (including phenoxy) is 1. The molecule has 0 amide bonds. The fourth-order valence-corrected chi connectivity index (χ4v) is 1.89. The van der Waals surface area contributed by atoms with Gasteiger partial charge >= 0.3 is 0 Å². The molecule has 21 heavy (non-hydrogen) atoms. The fraction of sp³-hybridized carbons (Fsp3) is 0.688. The molecule has 0 fully saturated rings. The largest absolute Gasteiger partial charge is 0.467 e. The van der Waals surface area contributed by atoms with Crippen molar-refractivity contribution in [3.8, 4) is 0 Å². The van der Waals surface area contributed by atoms with Gasteiger partial charge in [-0.15, -0.1) is 0 Å².